The highest BCUT2D eigenvalue weighted by Gasteiger charge is 2.39. The quantitative estimate of drug-likeness (QED) is 0.843. The Balaban J connectivity index is 2.23. The van der Waals surface area contributed by atoms with Crippen LogP contribution in [0.25, 0.3) is 0 Å². The van der Waals surface area contributed by atoms with E-state index in [2.05, 4.69) is 19.1 Å². The van der Waals surface area contributed by atoms with Gasteiger partial charge >= 0.3 is 5.97 Å². The number of rotatable bonds is 4. The first-order valence-electron chi connectivity index (χ1n) is 5.95. The molecule has 1 N–H and O–H groups in total. The largest absolute Gasteiger partial charge is 0.481 e. The van der Waals surface area contributed by atoms with Crippen molar-refractivity contribution in [1.29, 1.82) is 0 Å². The number of carbonyl (C=O) groups is 1. The van der Waals surface area contributed by atoms with Crippen LogP contribution < -0.4 is 0 Å². The number of fused-ring (bicyclic) bond motifs is 1. The predicted molar refractivity (Wildman–Crippen MR) is 63.5 cm³/mol. The summed E-state index contributed by atoms with van der Waals surface area (Å²) in [6.07, 6.45) is 1.85. The van der Waals surface area contributed by atoms with E-state index < -0.39 is 5.97 Å². The zero-order valence-corrected chi connectivity index (χ0v) is 9.81. The van der Waals surface area contributed by atoms with Crippen molar-refractivity contribution in [2.75, 3.05) is 0 Å². The van der Waals surface area contributed by atoms with Crippen LogP contribution in [0.2, 0.25) is 0 Å². The number of hydrogen-bond donors (Lipinski definition) is 1. The molecule has 0 saturated carbocycles. The van der Waals surface area contributed by atoms with Crippen molar-refractivity contribution >= 4 is 5.97 Å². The molecule has 3 unspecified atom stereocenters. The van der Waals surface area contributed by atoms with Gasteiger partial charge in [0.1, 0.15) is 0 Å². The Bertz CT molecular complexity index is 397. The monoisotopic (exact) mass is 218 g/mol. The summed E-state index contributed by atoms with van der Waals surface area (Å²) in [6, 6.07) is 8.19. The molecule has 0 spiro atoms. The summed E-state index contributed by atoms with van der Waals surface area (Å²) in [4.78, 5) is 11.3. The molecule has 0 bridgehead atoms. The third-order valence-electron chi connectivity index (χ3n) is 3.87. The maximum absolute atomic E-state index is 11.3. The van der Waals surface area contributed by atoms with Crippen molar-refractivity contribution in [3.63, 3.8) is 0 Å². The molecule has 0 heterocycles. The Hall–Kier alpha value is -1.31. The molecule has 0 aromatic heterocycles. The highest BCUT2D eigenvalue weighted by atomic mass is 16.4. The highest BCUT2D eigenvalue weighted by molar-refractivity contribution is 5.73. The molecule has 0 saturated heterocycles. The van der Waals surface area contributed by atoms with Crippen LogP contribution in [0.3, 0.4) is 0 Å². The van der Waals surface area contributed by atoms with Crippen LogP contribution in [0.5, 0.6) is 0 Å². The van der Waals surface area contributed by atoms with Gasteiger partial charge < -0.3 is 5.11 Å². The molecule has 2 heteroatoms. The number of carboxylic acid groups (broad SMARTS) is 1. The van der Waals surface area contributed by atoms with Crippen molar-refractivity contribution in [1.82, 2.24) is 0 Å². The zero-order chi connectivity index (χ0) is 11.7. The molecular formula is C14H18O2. The van der Waals surface area contributed by atoms with Gasteiger partial charge in [-0.3, -0.25) is 4.79 Å². The second-order valence-corrected chi connectivity index (χ2v) is 4.76. The average Bonchev–Trinajstić information content (AvgIpc) is 2.24. The SMILES string of the molecule is CCC(C)C(C(=O)O)C1Cc2ccccc21. The van der Waals surface area contributed by atoms with Gasteiger partial charge in [0.05, 0.1) is 5.92 Å². The fourth-order valence-corrected chi connectivity index (χ4v) is 2.68. The van der Waals surface area contributed by atoms with E-state index in [1.807, 2.05) is 19.1 Å². The van der Waals surface area contributed by atoms with E-state index in [1.54, 1.807) is 0 Å². The second kappa shape index (κ2) is 4.28. The van der Waals surface area contributed by atoms with E-state index in [-0.39, 0.29) is 17.8 Å². The van der Waals surface area contributed by atoms with Gasteiger partial charge in [-0.05, 0) is 23.5 Å². The Morgan fingerprint density at radius 1 is 1.50 bits per heavy atom. The summed E-state index contributed by atoms with van der Waals surface area (Å²) in [5.74, 6) is -0.395. The first-order valence-corrected chi connectivity index (χ1v) is 5.95. The van der Waals surface area contributed by atoms with Crippen LogP contribution in [-0.2, 0) is 11.2 Å². The fraction of sp³-hybridized carbons (Fsp3) is 0.500. The Morgan fingerprint density at radius 2 is 2.19 bits per heavy atom. The zero-order valence-electron chi connectivity index (χ0n) is 9.81. The van der Waals surface area contributed by atoms with Crippen molar-refractivity contribution in [3.05, 3.63) is 35.4 Å². The minimum absolute atomic E-state index is 0.222. The van der Waals surface area contributed by atoms with Crippen LogP contribution in [-0.4, -0.2) is 11.1 Å². The van der Waals surface area contributed by atoms with E-state index in [9.17, 15) is 9.90 Å². The van der Waals surface area contributed by atoms with Crippen LogP contribution >= 0.6 is 0 Å². The Morgan fingerprint density at radius 3 is 2.75 bits per heavy atom. The number of carboxylic acids is 1. The van der Waals surface area contributed by atoms with E-state index >= 15 is 0 Å². The normalized spacial score (nSPS) is 21.8. The summed E-state index contributed by atoms with van der Waals surface area (Å²) in [6.45, 7) is 4.10. The molecule has 0 aliphatic heterocycles. The summed E-state index contributed by atoms with van der Waals surface area (Å²) in [7, 11) is 0. The molecule has 1 aliphatic rings. The number of benzene rings is 1. The lowest BCUT2D eigenvalue weighted by Crippen LogP contribution is -2.34. The molecule has 1 aromatic carbocycles. The molecule has 1 aliphatic carbocycles. The van der Waals surface area contributed by atoms with E-state index in [0.29, 0.717) is 0 Å². The third-order valence-corrected chi connectivity index (χ3v) is 3.87. The lowest BCUT2D eigenvalue weighted by atomic mass is 9.66. The summed E-state index contributed by atoms with van der Waals surface area (Å²) < 4.78 is 0. The van der Waals surface area contributed by atoms with Crippen LogP contribution in [0.15, 0.2) is 24.3 Å². The first-order chi connectivity index (χ1) is 7.65. The summed E-state index contributed by atoms with van der Waals surface area (Å²) >= 11 is 0. The van der Waals surface area contributed by atoms with Gasteiger partial charge in [0.2, 0.25) is 0 Å². The maximum Gasteiger partial charge on any atom is 0.307 e. The third kappa shape index (κ3) is 1.73. The first kappa shape index (κ1) is 11.2. The smallest absolute Gasteiger partial charge is 0.307 e. The minimum atomic E-state index is -0.645. The Kier molecular flexibility index (Phi) is 2.99. The molecule has 2 nitrogen and oxygen atoms in total. The second-order valence-electron chi connectivity index (χ2n) is 4.76. The van der Waals surface area contributed by atoms with Crippen molar-refractivity contribution in [2.45, 2.75) is 32.6 Å². The molecule has 0 fully saturated rings. The van der Waals surface area contributed by atoms with Gasteiger partial charge in [-0.2, -0.15) is 0 Å². The van der Waals surface area contributed by atoms with Crippen molar-refractivity contribution in [3.8, 4) is 0 Å². The van der Waals surface area contributed by atoms with Gasteiger partial charge in [0.25, 0.3) is 0 Å². The lowest BCUT2D eigenvalue weighted by Gasteiger charge is -2.37. The highest BCUT2D eigenvalue weighted by Crippen LogP contribution is 2.43. The van der Waals surface area contributed by atoms with Gasteiger partial charge in [-0.1, -0.05) is 44.5 Å². The van der Waals surface area contributed by atoms with Gasteiger partial charge in [0.15, 0.2) is 0 Å². The standard InChI is InChI=1S/C14H18O2/c1-3-9(2)13(14(15)16)12-8-10-6-4-5-7-11(10)12/h4-7,9,12-13H,3,8H2,1-2H3,(H,15,16). The topological polar surface area (TPSA) is 37.3 Å². The summed E-state index contributed by atoms with van der Waals surface area (Å²) in [5.41, 5.74) is 2.57. The van der Waals surface area contributed by atoms with E-state index in [1.165, 1.54) is 11.1 Å². The molecule has 2 rings (SSSR count). The van der Waals surface area contributed by atoms with Gasteiger partial charge in [0, 0.05) is 5.92 Å². The predicted octanol–water partition coefficient (Wildman–Crippen LogP) is 3.07. The van der Waals surface area contributed by atoms with Crippen molar-refractivity contribution in [2.24, 2.45) is 11.8 Å². The maximum atomic E-state index is 11.3. The molecule has 86 valence electrons. The molecule has 16 heavy (non-hydrogen) atoms. The molecule has 0 radical (unpaired) electrons. The summed E-state index contributed by atoms with van der Waals surface area (Å²) in [5, 5.41) is 9.34. The average molecular weight is 218 g/mol. The molecular weight excluding hydrogens is 200 g/mol. The van der Waals surface area contributed by atoms with Crippen LogP contribution in [0.1, 0.15) is 37.3 Å². The van der Waals surface area contributed by atoms with Gasteiger partial charge in [-0.15, -0.1) is 0 Å². The molecule has 0 amide bonds. The van der Waals surface area contributed by atoms with Crippen LogP contribution in [0.4, 0.5) is 0 Å². The molecule has 1 aromatic rings. The van der Waals surface area contributed by atoms with E-state index in [4.69, 9.17) is 0 Å². The van der Waals surface area contributed by atoms with E-state index in [0.717, 1.165) is 12.8 Å². The number of hydrogen-bond acceptors (Lipinski definition) is 1. The van der Waals surface area contributed by atoms with Crippen molar-refractivity contribution < 1.29 is 9.90 Å². The minimum Gasteiger partial charge on any atom is -0.481 e. The fourth-order valence-electron chi connectivity index (χ4n) is 2.68. The lowest BCUT2D eigenvalue weighted by molar-refractivity contribution is -0.144. The molecule has 3 atom stereocenters. The number of aliphatic carboxylic acids is 1. The van der Waals surface area contributed by atoms with Crippen LogP contribution in [0, 0.1) is 11.8 Å². The Labute approximate surface area is 96.3 Å². The van der Waals surface area contributed by atoms with Gasteiger partial charge in [-0.25, -0.2) is 0 Å².